The summed E-state index contributed by atoms with van der Waals surface area (Å²) < 4.78 is 25.7. The largest absolute Gasteiger partial charge is 0.313 e. The quantitative estimate of drug-likeness (QED) is 0.807. The lowest BCUT2D eigenvalue weighted by Crippen LogP contribution is -2.36. The topological polar surface area (TPSA) is 49.8 Å². The first kappa shape index (κ1) is 12.0. The summed E-state index contributed by atoms with van der Waals surface area (Å²) in [6, 6.07) is 5.22. The van der Waals surface area contributed by atoms with Gasteiger partial charge in [-0.15, -0.1) is 11.8 Å². The number of thioether (sulfide) groups is 1. The Hall–Kier alpha value is -1.12. The van der Waals surface area contributed by atoms with Crippen molar-refractivity contribution in [3.63, 3.8) is 0 Å². The zero-order valence-corrected chi connectivity index (χ0v) is 8.94. The molecule has 0 amide bonds. The Morgan fingerprint density at radius 1 is 1.53 bits per heavy atom. The van der Waals surface area contributed by atoms with E-state index < -0.39 is 17.2 Å². The smallest absolute Gasteiger partial charge is 0.139 e. The summed E-state index contributed by atoms with van der Waals surface area (Å²) >= 11 is 1.10. The summed E-state index contributed by atoms with van der Waals surface area (Å²) in [5.41, 5.74) is 4.56. The lowest BCUT2D eigenvalue weighted by Gasteiger charge is -2.14. The minimum absolute atomic E-state index is 0.256. The summed E-state index contributed by atoms with van der Waals surface area (Å²) in [5.74, 6) is -0.993. The predicted molar refractivity (Wildman–Crippen MR) is 55.3 cm³/mol. The molecule has 0 radical (unpaired) electrons. The van der Waals surface area contributed by atoms with Crippen molar-refractivity contribution in [1.29, 1.82) is 5.26 Å². The molecule has 5 heteroatoms. The summed E-state index contributed by atoms with van der Waals surface area (Å²) in [6.45, 7) is 1.56. The Morgan fingerprint density at radius 3 is 2.73 bits per heavy atom. The molecule has 0 aliphatic carbocycles. The van der Waals surface area contributed by atoms with Gasteiger partial charge in [-0.2, -0.15) is 5.26 Å². The fraction of sp³-hybridized carbons (Fsp3) is 0.300. The normalized spacial score (nSPS) is 14.3. The maximum Gasteiger partial charge on any atom is 0.139 e. The van der Waals surface area contributed by atoms with E-state index in [1.165, 1.54) is 12.1 Å². The van der Waals surface area contributed by atoms with Crippen molar-refractivity contribution in [2.45, 2.75) is 17.4 Å². The molecule has 2 nitrogen and oxygen atoms in total. The highest BCUT2D eigenvalue weighted by atomic mass is 32.2. The molecule has 0 saturated heterocycles. The standard InChI is InChI=1S/C10H10F2N2S/c1-10(14,5-13)6-15-9-3-2-7(11)4-8(9)12/h2-4H,6,14H2,1H3. The molecule has 0 saturated carbocycles. The fourth-order valence-electron chi connectivity index (χ4n) is 0.852. The first-order valence-electron chi connectivity index (χ1n) is 4.22. The van der Waals surface area contributed by atoms with E-state index in [0.717, 1.165) is 17.8 Å². The van der Waals surface area contributed by atoms with Gasteiger partial charge in [-0.25, -0.2) is 8.78 Å². The van der Waals surface area contributed by atoms with Crippen LogP contribution in [0.4, 0.5) is 8.78 Å². The Balaban J connectivity index is 2.71. The lowest BCUT2D eigenvalue weighted by molar-refractivity contribution is 0.565. The second kappa shape index (κ2) is 4.60. The van der Waals surface area contributed by atoms with Gasteiger partial charge in [-0.3, -0.25) is 0 Å². The van der Waals surface area contributed by atoms with Crippen molar-refractivity contribution in [3.05, 3.63) is 29.8 Å². The molecule has 1 aromatic carbocycles. The molecule has 0 heterocycles. The van der Waals surface area contributed by atoms with Gasteiger partial charge in [-0.1, -0.05) is 0 Å². The van der Waals surface area contributed by atoms with Gasteiger partial charge in [0, 0.05) is 16.7 Å². The summed E-state index contributed by atoms with van der Waals surface area (Å²) in [5, 5.41) is 8.64. The number of nitrogens with zero attached hydrogens (tertiary/aromatic N) is 1. The molecule has 0 aromatic heterocycles. The second-order valence-corrected chi connectivity index (χ2v) is 4.41. The molecule has 1 atom stereocenters. The van der Waals surface area contributed by atoms with Crippen molar-refractivity contribution in [2.24, 2.45) is 5.73 Å². The van der Waals surface area contributed by atoms with Crippen LogP contribution in [-0.4, -0.2) is 11.3 Å². The Bertz CT molecular complexity index is 399. The highest BCUT2D eigenvalue weighted by Crippen LogP contribution is 2.24. The van der Waals surface area contributed by atoms with Crippen LogP contribution in [0.5, 0.6) is 0 Å². The van der Waals surface area contributed by atoms with Crippen LogP contribution in [0.1, 0.15) is 6.92 Å². The minimum atomic E-state index is -1.01. The highest BCUT2D eigenvalue weighted by Gasteiger charge is 2.18. The number of hydrogen-bond acceptors (Lipinski definition) is 3. The summed E-state index contributed by atoms with van der Waals surface area (Å²) in [4.78, 5) is 0.295. The number of nitrogens with two attached hydrogens (primary N) is 1. The maximum atomic E-state index is 13.1. The summed E-state index contributed by atoms with van der Waals surface area (Å²) in [7, 11) is 0. The van der Waals surface area contributed by atoms with Crippen LogP contribution in [0.25, 0.3) is 0 Å². The Morgan fingerprint density at radius 2 is 2.20 bits per heavy atom. The lowest BCUT2D eigenvalue weighted by atomic mass is 10.1. The van der Waals surface area contributed by atoms with Crippen LogP contribution in [0.15, 0.2) is 23.1 Å². The third-order valence-electron chi connectivity index (χ3n) is 1.68. The van der Waals surface area contributed by atoms with Gasteiger partial charge < -0.3 is 5.73 Å². The Labute approximate surface area is 91.1 Å². The zero-order valence-electron chi connectivity index (χ0n) is 8.13. The van der Waals surface area contributed by atoms with Gasteiger partial charge in [0.15, 0.2) is 0 Å². The van der Waals surface area contributed by atoms with Gasteiger partial charge in [-0.05, 0) is 19.1 Å². The number of rotatable bonds is 3. The van der Waals surface area contributed by atoms with E-state index in [0.29, 0.717) is 4.90 Å². The first-order chi connectivity index (χ1) is 6.94. The van der Waals surface area contributed by atoms with E-state index in [4.69, 9.17) is 11.0 Å². The molecule has 15 heavy (non-hydrogen) atoms. The molecular formula is C10H10F2N2S. The van der Waals surface area contributed by atoms with Crippen molar-refractivity contribution in [3.8, 4) is 6.07 Å². The van der Waals surface area contributed by atoms with Crippen LogP contribution < -0.4 is 5.73 Å². The van der Waals surface area contributed by atoms with Crippen molar-refractivity contribution >= 4 is 11.8 Å². The van der Waals surface area contributed by atoms with E-state index in [1.807, 2.05) is 6.07 Å². The van der Waals surface area contributed by atoms with Gasteiger partial charge in [0.05, 0.1) is 6.07 Å². The van der Waals surface area contributed by atoms with Crippen LogP contribution in [-0.2, 0) is 0 Å². The third-order valence-corrected chi connectivity index (χ3v) is 3.06. The predicted octanol–water partition coefficient (Wildman–Crippen LogP) is 2.30. The molecular weight excluding hydrogens is 218 g/mol. The van der Waals surface area contributed by atoms with Gasteiger partial charge in [0.1, 0.15) is 17.2 Å². The first-order valence-corrected chi connectivity index (χ1v) is 5.21. The minimum Gasteiger partial charge on any atom is -0.313 e. The zero-order chi connectivity index (χ0) is 11.5. The van der Waals surface area contributed by atoms with Gasteiger partial charge >= 0.3 is 0 Å². The molecule has 80 valence electrons. The van der Waals surface area contributed by atoms with Crippen molar-refractivity contribution in [2.75, 3.05) is 5.75 Å². The van der Waals surface area contributed by atoms with E-state index in [2.05, 4.69) is 0 Å². The fourth-order valence-corrected chi connectivity index (χ4v) is 1.73. The second-order valence-electron chi connectivity index (χ2n) is 3.39. The Kier molecular flexibility index (Phi) is 3.66. The monoisotopic (exact) mass is 228 g/mol. The van der Waals surface area contributed by atoms with Crippen LogP contribution in [0, 0.1) is 23.0 Å². The van der Waals surface area contributed by atoms with E-state index in [-0.39, 0.29) is 5.75 Å². The SMILES string of the molecule is CC(N)(C#N)CSc1ccc(F)cc1F. The molecule has 0 aliphatic rings. The van der Waals surface area contributed by atoms with Gasteiger partial charge in [0.2, 0.25) is 0 Å². The third kappa shape index (κ3) is 3.50. The molecule has 1 rings (SSSR count). The number of nitriles is 1. The maximum absolute atomic E-state index is 13.1. The van der Waals surface area contributed by atoms with E-state index in [9.17, 15) is 8.78 Å². The average Bonchev–Trinajstić information content (AvgIpc) is 2.16. The molecule has 1 unspecified atom stereocenters. The van der Waals surface area contributed by atoms with E-state index >= 15 is 0 Å². The van der Waals surface area contributed by atoms with E-state index in [1.54, 1.807) is 6.92 Å². The van der Waals surface area contributed by atoms with Crippen LogP contribution in [0.2, 0.25) is 0 Å². The van der Waals surface area contributed by atoms with Crippen molar-refractivity contribution in [1.82, 2.24) is 0 Å². The molecule has 0 bridgehead atoms. The number of halogens is 2. The van der Waals surface area contributed by atoms with Crippen LogP contribution >= 0.6 is 11.8 Å². The van der Waals surface area contributed by atoms with Gasteiger partial charge in [0.25, 0.3) is 0 Å². The molecule has 2 N–H and O–H groups in total. The number of hydrogen-bond donors (Lipinski definition) is 1. The molecule has 1 aromatic rings. The van der Waals surface area contributed by atoms with Crippen LogP contribution in [0.3, 0.4) is 0 Å². The summed E-state index contributed by atoms with van der Waals surface area (Å²) in [6.07, 6.45) is 0. The van der Waals surface area contributed by atoms with Crippen molar-refractivity contribution < 1.29 is 8.78 Å². The molecule has 0 aliphatic heterocycles. The molecule has 0 fully saturated rings. The average molecular weight is 228 g/mol. The highest BCUT2D eigenvalue weighted by molar-refractivity contribution is 7.99. The number of benzene rings is 1. The molecule has 0 spiro atoms.